The van der Waals surface area contributed by atoms with Crippen molar-refractivity contribution in [2.75, 3.05) is 13.2 Å². The number of hydrogen-bond donors (Lipinski definition) is 1. The number of rotatable bonds is 4. The summed E-state index contributed by atoms with van der Waals surface area (Å²) in [4.78, 5) is 9.83. The number of benzene rings is 1. The van der Waals surface area contributed by atoms with Gasteiger partial charge >= 0.3 is 0 Å². The smallest absolute Gasteiger partial charge is 0.289 e. The van der Waals surface area contributed by atoms with E-state index in [2.05, 4.69) is 4.72 Å². The van der Waals surface area contributed by atoms with E-state index < -0.39 is 20.6 Å². The molecule has 1 aromatic carbocycles. The molecule has 1 heterocycles. The Hall–Kier alpha value is -1.51. The van der Waals surface area contributed by atoms with Gasteiger partial charge in [0, 0.05) is 18.7 Å². The largest absolute Gasteiger partial charge is 0.380 e. The van der Waals surface area contributed by atoms with E-state index in [1.165, 1.54) is 24.3 Å². The van der Waals surface area contributed by atoms with Crippen LogP contribution in [0.4, 0.5) is 5.69 Å². The fourth-order valence-electron chi connectivity index (χ4n) is 1.95. The van der Waals surface area contributed by atoms with Crippen LogP contribution in [0.1, 0.15) is 12.8 Å². The molecule has 0 aliphatic carbocycles. The van der Waals surface area contributed by atoms with Crippen LogP contribution in [0.2, 0.25) is 0 Å². The summed E-state index contributed by atoms with van der Waals surface area (Å²) in [5, 5.41) is 10.8. The van der Waals surface area contributed by atoms with Crippen molar-refractivity contribution in [2.45, 2.75) is 23.8 Å². The van der Waals surface area contributed by atoms with Gasteiger partial charge in [-0.3, -0.25) is 10.1 Å². The van der Waals surface area contributed by atoms with Crippen molar-refractivity contribution in [3.05, 3.63) is 34.4 Å². The molecule has 19 heavy (non-hydrogen) atoms. The monoisotopic (exact) mass is 286 g/mol. The standard InChI is InChI=1S/C11H14N2O5S/c14-13(15)10-5-1-2-6-11(10)19(16,17)12-9-4-3-7-18-8-9/h1-2,5-6,9,12H,3-4,7-8H2. The minimum atomic E-state index is -3.91. The van der Waals surface area contributed by atoms with Gasteiger partial charge in [0.15, 0.2) is 4.90 Å². The van der Waals surface area contributed by atoms with Crippen LogP contribution >= 0.6 is 0 Å². The minimum Gasteiger partial charge on any atom is -0.380 e. The molecule has 7 nitrogen and oxygen atoms in total. The molecule has 8 heteroatoms. The number of nitrogens with one attached hydrogen (secondary N) is 1. The molecule has 1 unspecified atom stereocenters. The quantitative estimate of drug-likeness (QED) is 0.659. The Bertz CT molecular complexity index is 566. The number of para-hydroxylation sites is 1. The van der Waals surface area contributed by atoms with Gasteiger partial charge < -0.3 is 4.74 Å². The number of nitrogens with zero attached hydrogens (tertiary/aromatic N) is 1. The second kappa shape index (κ2) is 5.64. The average Bonchev–Trinajstić information content (AvgIpc) is 2.39. The molecule has 0 amide bonds. The number of sulfonamides is 1. The van der Waals surface area contributed by atoms with Crippen LogP contribution in [0, 0.1) is 10.1 Å². The fraction of sp³-hybridized carbons (Fsp3) is 0.455. The number of nitro groups is 1. The zero-order valence-corrected chi connectivity index (χ0v) is 10.9. The molecule has 1 atom stereocenters. The first-order chi connectivity index (χ1) is 9.00. The van der Waals surface area contributed by atoms with Gasteiger partial charge in [-0.05, 0) is 18.9 Å². The van der Waals surface area contributed by atoms with Crippen LogP contribution in [0.5, 0.6) is 0 Å². The summed E-state index contributed by atoms with van der Waals surface area (Å²) >= 11 is 0. The second-order valence-corrected chi connectivity index (χ2v) is 5.94. The summed E-state index contributed by atoms with van der Waals surface area (Å²) in [6.45, 7) is 0.906. The van der Waals surface area contributed by atoms with Crippen LogP contribution < -0.4 is 4.72 Å². The van der Waals surface area contributed by atoms with Gasteiger partial charge in [-0.25, -0.2) is 13.1 Å². The summed E-state index contributed by atoms with van der Waals surface area (Å²) in [5.41, 5.74) is -0.424. The maximum absolute atomic E-state index is 12.2. The van der Waals surface area contributed by atoms with Gasteiger partial charge in [-0.1, -0.05) is 12.1 Å². The van der Waals surface area contributed by atoms with Gasteiger partial charge in [-0.2, -0.15) is 0 Å². The first kappa shape index (κ1) is 13.9. The third kappa shape index (κ3) is 3.28. The van der Waals surface area contributed by atoms with Gasteiger partial charge in [0.25, 0.3) is 5.69 Å². The Balaban J connectivity index is 2.26. The molecule has 104 valence electrons. The molecule has 0 spiro atoms. The minimum absolute atomic E-state index is 0.292. The third-order valence-corrected chi connectivity index (χ3v) is 4.40. The molecule has 0 radical (unpaired) electrons. The van der Waals surface area contributed by atoms with Crippen LogP contribution in [0.25, 0.3) is 0 Å². The molecule has 1 aliphatic rings. The van der Waals surface area contributed by atoms with E-state index in [9.17, 15) is 18.5 Å². The average molecular weight is 286 g/mol. The van der Waals surface area contributed by atoms with E-state index >= 15 is 0 Å². The lowest BCUT2D eigenvalue weighted by Gasteiger charge is -2.22. The molecule has 1 aromatic rings. The van der Waals surface area contributed by atoms with Crippen molar-refractivity contribution in [3.63, 3.8) is 0 Å². The van der Waals surface area contributed by atoms with E-state index in [0.717, 1.165) is 6.42 Å². The third-order valence-electron chi connectivity index (χ3n) is 2.83. The van der Waals surface area contributed by atoms with Crippen molar-refractivity contribution >= 4 is 15.7 Å². The molecule has 1 N–H and O–H groups in total. The van der Waals surface area contributed by atoms with Crippen LogP contribution in [0.3, 0.4) is 0 Å². The first-order valence-electron chi connectivity index (χ1n) is 5.84. The van der Waals surface area contributed by atoms with Crippen LogP contribution in [0.15, 0.2) is 29.2 Å². The first-order valence-corrected chi connectivity index (χ1v) is 7.32. The topological polar surface area (TPSA) is 98.5 Å². The fourth-order valence-corrected chi connectivity index (χ4v) is 3.38. The maximum Gasteiger partial charge on any atom is 0.289 e. The second-order valence-electron chi connectivity index (χ2n) is 4.26. The molecule has 1 aliphatic heterocycles. The van der Waals surface area contributed by atoms with Crippen molar-refractivity contribution in [1.82, 2.24) is 4.72 Å². The predicted molar refractivity (Wildman–Crippen MR) is 67.3 cm³/mol. The van der Waals surface area contributed by atoms with Gasteiger partial charge in [0.05, 0.1) is 11.5 Å². The summed E-state index contributed by atoms with van der Waals surface area (Å²) in [7, 11) is -3.91. The van der Waals surface area contributed by atoms with E-state index in [1.807, 2.05) is 0 Å². The molecule has 2 rings (SSSR count). The Morgan fingerprint density at radius 1 is 1.37 bits per heavy atom. The highest BCUT2D eigenvalue weighted by Gasteiger charge is 2.28. The summed E-state index contributed by atoms with van der Waals surface area (Å²) < 4.78 is 31.9. The summed E-state index contributed by atoms with van der Waals surface area (Å²) in [6, 6.07) is 4.95. The van der Waals surface area contributed by atoms with Gasteiger partial charge in [0.1, 0.15) is 0 Å². The number of ether oxygens (including phenoxy) is 1. The molecule has 0 bridgehead atoms. The predicted octanol–water partition coefficient (Wildman–Crippen LogP) is 1.05. The highest BCUT2D eigenvalue weighted by Crippen LogP contribution is 2.23. The molecule has 0 aromatic heterocycles. The maximum atomic E-state index is 12.2. The number of nitro benzene ring substituents is 1. The highest BCUT2D eigenvalue weighted by atomic mass is 32.2. The molecular formula is C11H14N2O5S. The van der Waals surface area contributed by atoms with Crippen LogP contribution in [-0.2, 0) is 14.8 Å². The van der Waals surface area contributed by atoms with Crippen LogP contribution in [-0.4, -0.2) is 32.6 Å². The molecular weight excluding hydrogens is 272 g/mol. The van der Waals surface area contributed by atoms with Crippen molar-refractivity contribution < 1.29 is 18.1 Å². The SMILES string of the molecule is O=[N+]([O-])c1ccccc1S(=O)(=O)NC1CCCOC1. The van der Waals surface area contributed by atoms with Gasteiger partial charge in [-0.15, -0.1) is 0 Å². The molecule has 1 saturated heterocycles. The van der Waals surface area contributed by atoms with Crippen molar-refractivity contribution in [1.29, 1.82) is 0 Å². The van der Waals surface area contributed by atoms with E-state index in [-0.39, 0.29) is 10.9 Å². The summed E-state index contributed by atoms with van der Waals surface area (Å²) in [5.74, 6) is 0. The Kier molecular flexibility index (Phi) is 4.13. The van der Waals surface area contributed by atoms with E-state index in [0.29, 0.717) is 19.6 Å². The Labute approximate surface area is 110 Å². The molecule has 0 saturated carbocycles. The lowest BCUT2D eigenvalue weighted by molar-refractivity contribution is -0.387. The van der Waals surface area contributed by atoms with Crippen molar-refractivity contribution in [2.24, 2.45) is 0 Å². The highest BCUT2D eigenvalue weighted by molar-refractivity contribution is 7.89. The van der Waals surface area contributed by atoms with Gasteiger partial charge in [0.2, 0.25) is 10.0 Å². The van der Waals surface area contributed by atoms with E-state index in [1.54, 1.807) is 0 Å². The molecule has 1 fully saturated rings. The summed E-state index contributed by atoms with van der Waals surface area (Å²) in [6.07, 6.45) is 1.43. The normalized spacial score (nSPS) is 20.1. The lowest BCUT2D eigenvalue weighted by Crippen LogP contribution is -2.40. The zero-order valence-electron chi connectivity index (χ0n) is 10.1. The number of hydrogen-bond acceptors (Lipinski definition) is 5. The van der Waals surface area contributed by atoms with E-state index in [4.69, 9.17) is 4.74 Å². The zero-order chi connectivity index (χ0) is 13.9. The van der Waals surface area contributed by atoms with Crippen molar-refractivity contribution in [3.8, 4) is 0 Å². The Morgan fingerprint density at radius 3 is 2.74 bits per heavy atom. The Morgan fingerprint density at radius 2 is 2.11 bits per heavy atom. The lowest BCUT2D eigenvalue weighted by atomic mass is 10.1.